The van der Waals surface area contributed by atoms with Gasteiger partial charge in [-0.3, -0.25) is 15.0 Å². The molecule has 0 aromatic heterocycles. The fourth-order valence-electron chi connectivity index (χ4n) is 4.05. The van der Waals surface area contributed by atoms with Gasteiger partial charge < -0.3 is 4.90 Å². The van der Waals surface area contributed by atoms with E-state index < -0.39 is 23.2 Å². The first-order valence-corrected chi connectivity index (χ1v) is 9.33. The van der Waals surface area contributed by atoms with Gasteiger partial charge in [0.2, 0.25) is 5.91 Å². The molecule has 152 valence electrons. The van der Waals surface area contributed by atoms with Crippen LogP contribution in [0.2, 0.25) is 0 Å². The number of halogens is 3. The molecular formula is C19H23F3N4O2. The van der Waals surface area contributed by atoms with Crippen LogP contribution in [0.15, 0.2) is 29.3 Å². The number of rotatable bonds is 5. The summed E-state index contributed by atoms with van der Waals surface area (Å²) in [7, 11) is 0. The number of hydrogen-bond acceptors (Lipinski definition) is 4. The Balaban J connectivity index is 2.02. The predicted octanol–water partition coefficient (Wildman–Crippen LogP) is 3.98. The Kier molecular flexibility index (Phi) is 5.36. The highest BCUT2D eigenvalue weighted by molar-refractivity contribution is 6.21. The van der Waals surface area contributed by atoms with Gasteiger partial charge in [-0.2, -0.15) is 13.2 Å². The highest BCUT2D eigenvalue weighted by Gasteiger charge is 2.52. The summed E-state index contributed by atoms with van der Waals surface area (Å²) < 4.78 is 40.2. The molecule has 1 aromatic rings. The summed E-state index contributed by atoms with van der Waals surface area (Å²) in [5.74, 6) is -0.00830. The van der Waals surface area contributed by atoms with Crippen molar-refractivity contribution < 1.29 is 22.8 Å². The fourth-order valence-corrected chi connectivity index (χ4v) is 4.05. The van der Waals surface area contributed by atoms with E-state index >= 15 is 0 Å². The minimum Gasteiger partial charge on any atom is -0.333 e. The second-order valence-corrected chi connectivity index (χ2v) is 7.09. The van der Waals surface area contributed by atoms with Crippen LogP contribution >= 0.6 is 0 Å². The van der Waals surface area contributed by atoms with Crippen LogP contribution in [0.3, 0.4) is 0 Å². The molecule has 9 heteroatoms. The van der Waals surface area contributed by atoms with Gasteiger partial charge in [-0.25, -0.2) is 9.79 Å². The van der Waals surface area contributed by atoms with Crippen molar-refractivity contribution in [1.29, 1.82) is 0 Å². The maximum atomic E-state index is 13.4. The number of aliphatic imine (C=N–C) groups is 1. The van der Waals surface area contributed by atoms with Crippen LogP contribution < -0.4 is 10.2 Å². The molecular weight excluding hydrogens is 373 g/mol. The number of amides is 3. The number of fused-ring (bicyclic) bond motifs is 1. The number of alkyl halides is 3. The molecule has 28 heavy (non-hydrogen) atoms. The van der Waals surface area contributed by atoms with Gasteiger partial charge >= 0.3 is 12.2 Å². The molecule has 1 N–H and O–H groups in total. The van der Waals surface area contributed by atoms with Gasteiger partial charge in [0, 0.05) is 0 Å². The SMILES string of the molecule is CCCC1(CCC)C(=O)NC(=O)N2CN(c3ccccc3C(F)(F)F)CN=C21. The monoisotopic (exact) mass is 396 g/mol. The van der Waals surface area contributed by atoms with Gasteiger partial charge in [-0.1, -0.05) is 38.8 Å². The average Bonchev–Trinajstić information content (AvgIpc) is 2.65. The van der Waals surface area contributed by atoms with E-state index in [0.29, 0.717) is 18.7 Å². The van der Waals surface area contributed by atoms with E-state index in [-0.39, 0.29) is 24.9 Å². The summed E-state index contributed by atoms with van der Waals surface area (Å²) in [6.45, 7) is 3.75. The number of nitrogens with one attached hydrogen (secondary N) is 1. The summed E-state index contributed by atoms with van der Waals surface area (Å²) in [4.78, 5) is 32.3. The van der Waals surface area contributed by atoms with E-state index in [1.165, 1.54) is 28.0 Å². The Morgan fingerprint density at radius 2 is 1.79 bits per heavy atom. The number of imide groups is 1. The summed E-state index contributed by atoms with van der Waals surface area (Å²) >= 11 is 0. The van der Waals surface area contributed by atoms with Crippen LogP contribution in [0.1, 0.15) is 45.1 Å². The Labute approximate surface area is 161 Å². The number of carbonyl (C=O) groups is 2. The Morgan fingerprint density at radius 1 is 1.14 bits per heavy atom. The van der Waals surface area contributed by atoms with Crippen molar-refractivity contribution in [2.45, 2.75) is 45.7 Å². The van der Waals surface area contributed by atoms with E-state index in [1.54, 1.807) is 0 Å². The molecule has 0 saturated carbocycles. The Bertz CT molecular complexity index is 801. The van der Waals surface area contributed by atoms with Crippen molar-refractivity contribution in [2.24, 2.45) is 10.4 Å². The lowest BCUT2D eigenvalue weighted by Crippen LogP contribution is -2.67. The third kappa shape index (κ3) is 3.33. The number of carbonyl (C=O) groups excluding carboxylic acids is 2. The zero-order valence-electron chi connectivity index (χ0n) is 15.8. The van der Waals surface area contributed by atoms with Crippen molar-refractivity contribution in [3.8, 4) is 0 Å². The normalized spacial score (nSPS) is 19.2. The van der Waals surface area contributed by atoms with Crippen LogP contribution in [0, 0.1) is 5.41 Å². The molecule has 1 aromatic carbocycles. The maximum absolute atomic E-state index is 13.4. The third-order valence-corrected chi connectivity index (χ3v) is 5.19. The van der Waals surface area contributed by atoms with Gasteiger partial charge in [-0.15, -0.1) is 0 Å². The highest BCUT2D eigenvalue weighted by Crippen LogP contribution is 2.40. The van der Waals surface area contributed by atoms with Gasteiger partial charge in [0.05, 0.1) is 11.3 Å². The molecule has 0 radical (unpaired) electrons. The lowest BCUT2D eigenvalue weighted by molar-refractivity contribution is -0.137. The van der Waals surface area contributed by atoms with E-state index in [9.17, 15) is 22.8 Å². The molecule has 1 saturated heterocycles. The van der Waals surface area contributed by atoms with Crippen molar-refractivity contribution in [3.05, 3.63) is 29.8 Å². The number of urea groups is 1. The standard InChI is InChI=1S/C19H23F3N4O2/c1-3-9-18(10-4-2)15-23-11-25(12-26(15)17(28)24-16(18)27)14-8-6-5-7-13(14)19(20,21)22/h5-8H,3-4,9-12H2,1-2H3,(H,24,27,28). The molecule has 0 atom stereocenters. The van der Waals surface area contributed by atoms with Gasteiger partial charge in [0.25, 0.3) is 0 Å². The molecule has 0 spiro atoms. The van der Waals surface area contributed by atoms with Gasteiger partial charge in [0.1, 0.15) is 24.6 Å². The Morgan fingerprint density at radius 3 is 2.39 bits per heavy atom. The average molecular weight is 396 g/mol. The van der Waals surface area contributed by atoms with E-state index in [0.717, 1.165) is 18.9 Å². The maximum Gasteiger partial charge on any atom is 0.418 e. The first kappa shape index (κ1) is 20.2. The molecule has 3 rings (SSSR count). The first-order valence-electron chi connectivity index (χ1n) is 9.33. The summed E-state index contributed by atoms with van der Waals surface area (Å²) in [5.41, 5.74) is -1.75. The topological polar surface area (TPSA) is 65.0 Å². The molecule has 3 amide bonds. The molecule has 0 bridgehead atoms. The van der Waals surface area contributed by atoms with Crippen LogP contribution in [0.4, 0.5) is 23.7 Å². The second kappa shape index (κ2) is 7.44. The minimum absolute atomic E-state index is 0.0425. The number of hydrogen-bond donors (Lipinski definition) is 1. The summed E-state index contributed by atoms with van der Waals surface area (Å²) in [6.07, 6.45) is -2.04. The summed E-state index contributed by atoms with van der Waals surface area (Å²) in [6, 6.07) is 4.56. The largest absolute Gasteiger partial charge is 0.418 e. The molecule has 0 aliphatic carbocycles. The third-order valence-electron chi connectivity index (χ3n) is 5.19. The van der Waals surface area contributed by atoms with E-state index in [2.05, 4.69) is 10.3 Å². The molecule has 2 aliphatic heterocycles. The number of amidine groups is 1. The molecule has 2 aliphatic rings. The molecule has 2 heterocycles. The fraction of sp³-hybridized carbons (Fsp3) is 0.526. The lowest BCUT2D eigenvalue weighted by Gasteiger charge is -2.46. The van der Waals surface area contributed by atoms with Gasteiger partial charge in [-0.05, 0) is 25.0 Å². The van der Waals surface area contributed by atoms with Crippen molar-refractivity contribution in [1.82, 2.24) is 10.2 Å². The predicted molar refractivity (Wildman–Crippen MR) is 98.7 cm³/mol. The number of para-hydroxylation sites is 1. The zero-order chi connectivity index (χ0) is 20.5. The van der Waals surface area contributed by atoms with E-state index in [1.807, 2.05) is 13.8 Å². The number of benzene rings is 1. The number of nitrogens with zero attached hydrogens (tertiary/aromatic N) is 3. The second-order valence-electron chi connectivity index (χ2n) is 7.09. The van der Waals surface area contributed by atoms with Crippen molar-refractivity contribution >= 4 is 23.5 Å². The number of anilines is 1. The van der Waals surface area contributed by atoms with Crippen molar-refractivity contribution in [3.63, 3.8) is 0 Å². The van der Waals surface area contributed by atoms with Crippen LogP contribution in [-0.4, -0.2) is 36.0 Å². The smallest absolute Gasteiger partial charge is 0.333 e. The van der Waals surface area contributed by atoms with Gasteiger partial charge in [0.15, 0.2) is 0 Å². The zero-order valence-corrected chi connectivity index (χ0v) is 15.8. The molecule has 0 unspecified atom stereocenters. The highest BCUT2D eigenvalue weighted by atomic mass is 19.4. The van der Waals surface area contributed by atoms with E-state index in [4.69, 9.17) is 0 Å². The summed E-state index contributed by atoms with van der Waals surface area (Å²) in [5, 5.41) is 2.37. The molecule has 1 fully saturated rings. The van der Waals surface area contributed by atoms with Crippen LogP contribution in [0.5, 0.6) is 0 Å². The minimum atomic E-state index is -4.52. The van der Waals surface area contributed by atoms with Crippen molar-refractivity contribution in [2.75, 3.05) is 18.2 Å². The van der Waals surface area contributed by atoms with Crippen LogP contribution in [-0.2, 0) is 11.0 Å². The quantitative estimate of drug-likeness (QED) is 0.819. The first-order chi connectivity index (χ1) is 13.2. The Hall–Kier alpha value is -2.58. The molecule has 6 nitrogen and oxygen atoms in total. The van der Waals surface area contributed by atoms with Crippen LogP contribution in [0.25, 0.3) is 0 Å². The lowest BCUT2D eigenvalue weighted by atomic mass is 9.75.